The molecular weight excluding hydrogens is 291 g/mol. The van der Waals surface area contributed by atoms with Crippen molar-refractivity contribution in [3.8, 4) is 23.5 Å². The second-order valence-corrected chi connectivity index (χ2v) is 5.41. The van der Waals surface area contributed by atoms with Crippen molar-refractivity contribution < 1.29 is 9.50 Å². The van der Waals surface area contributed by atoms with Gasteiger partial charge in [0.2, 0.25) is 0 Å². The zero-order valence-corrected chi connectivity index (χ0v) is 12.6. The van der Waals surface area contributed by atoms with Crippen LogP contribution in [0.15, 0.2) is 42.6 Å². The van der Waals surface area contributed by atoms with E-state index in [0.717, 1.165) is 22.0 Å². The molecule has 2 aromatic carbocycles. The van der Waals surface area contributed by atoms with E-state index in [-0.39, 0.29) is 12.2 Å². The lowest BCUT2D eigenvalue weighted by Crippen LogP contribution is -2.09. The number of aromatic nitrogens is 2. The van der Waals surface area contributed by atoms with Crippen LogP contribution in [0.2, 0.25) is 0 Å². The molecule has 0 fully saturated rings. The largest absolute Gasteiger partial charge is 0.380 e. The van der Waals surface area contributed by atoms with E-state index in [1.165, 1.54) is 6.07 Å². The predicted molar refractivity (Wildman–Crippen MR) is 88.2 cm³/mol. The summed E-state index contributed by atoms with van der Waals surface area (Å²) in [4.78, 5) is 8.61. The third kappa shape index (κ3) is 3.20. The van der Waals surface area contributed by atoms with Crippen LogP contribution in [0.5, 0.6) is 0 Å². The van der Waals surface area contributed by atoms with Gasteiger partial charge in [0.1, 0.15) is 17.7 Å². The van der Waals surface area contributed by atoms with Crippen LogP contribution in [-0.2, 0) is 6.42 Å². The number of halogens is 1. The Balaban J connectivity index is 1.98. The van der Waals surface area contributed by atoms with Crippen LogP contribution in [0.3, 0.4) is 0 Å². The highest BCUT2D eigenvalue weighted by atomic mass is 19.1. The van der Waals surface area contributed by atoms with E-state index in [9.17, 15) is 9.50 Å². The number of hydrogen-bond acceptors (Lipinski definition) is 3. The van der Waals surface area contributed by atoms with Gasteiger partial charge in [0.15, 0.2) is 0 Å². The van der Waals surface area contributed by atoms with Crippen molar-refractivity contribution in [3.63, 3.8) is 0 Å². The lowest BCUT2D eigenvalue weighted by Gasteiger charge is -2.07. The molecule has 1 atom stereocenters. The lowest BCUT2D eigenvalue weighted by molar-refractivity contribution is 0.231. The summed E-state index contributed by atoms with van der Waals surface area (Å²) < 4.78 is 13.7. The molecule has 0 aliphatic heterocycles. The van der Waals surface area contributed by atoms with Gasteiger partial charge in [-0.3, -0.25) is 0 Å². The van der Waals surface area contributed by atoms with Crippen LogP contribution in [-0.4, -0.2) is 21.2 Å². The first-order chi connectivity index (χ1) is 11.1. The molecular formula is C19H15FN2O. The Bertz CT molecular complexity index is 915. The van der Waals surface area contributed by atoms with Gasteiger partial charge in [0, 0.05) is 18.0 Å². The van der Waals surface area contributed by atoms with Crippen LogP contribution in [0.1, 0.15) is 11.4 Å². The summed E-state index contributed by atoms with van der Waals surface area (Å²) in [5.41, 5.74) is 3.09. The fourth-order valence-corrected chi connectivity index (χ4v) is 2.35. The molecule has 114 valence electrons. The number of nitrogens with zero attached hydrogens (tertiary/aromatic N) is 2. The Hall–Kier alpha value is -2.77. The van der Waals surface area contributed by atoms with Crippen LogP contribution in [0.4, 0.5) is 4.39 Å². The first-order valence-corrected chi connectivity index (χ1v) is 7.23. The van der Waals surface area contributed by atoms with Gasteiger partial charge >= 0.3 is 0 Å². The molecule has 3 aromatic rings. The van der Waals surface area contributed by atoms with Crippen molar-refractivity contribution in [1.29, 1.82) is 0 Å². The Morgan fingerprint density at radius 1 is 1.22 bits per heavy atom. The van der Waals surface area contributed by atoms with Gasteiger partial charge in [-0.05, 0) is 41.8 Å². The second-order valence-electron chi connectivity index (χ2n) is 5.41. The van der Waals surface area contributed by atoms with Crippen molar-refractivity contribution in [2.45, 2.75) is 19.4 Å². The van der Waals surface area contributed by atoms with Crippen LogP contribution >= 0.6 is 0 Å². The summed E-state index contributed by atoms with van der Waals surface area (Å²) in [6.45, 7) is 1.74. The zero-order chi connectivity index (χ0) is 16.4. The molecule has 0 spiro atoms. The third-order valence-electron chi connectivity index (χ3n) is 3.70. The maximum atomic E-state index is 13.7. The van der Waals surface area contributed by atoms with E-state index < -0.39 is 6.10 Å². The fraction of sp³-hybridized carbons (Fsp3) is 0.158. The topological polar surface area (TPSA) is 46.0 Å². The number of fused-ring (bicyclic) bond motifs is 1. The van der Waals surface area contributed by atoms with Gasteiger partial charge in [0.25, 0.3) is 0 Å². The molecule has 4 heteroatoms. The Morgan fingerprint density at radius 2 is 1.96 bits per heavy atom. The van der Waals surface area contributed by atoms with E-state index in [1.54, 1.807) is 19.2 Å². The fourth-order valence-electron chi connectivity index (χ4n) is 2.35. The van der Waals surface area contributed by atoms with Gasteiger partial charge in [-0.2, -0.15) is 0 Å². The summed E-state index contributed by atoms with van der Waals surface area (Å²) in [5.74, 6) is 2.51. The van der Waals surface area contributed by atoms with E-state index in [4.69, 9.17) is 6.42 Å². The zero-order valence-electron chi connectivity index (χ0n) is 12.6. The van der Waals surface area contributed by atoms with Crippen molar-refractivity contribution in [2.24, 2.45) is 0 Å². The Morgan fingerprint density at radius 3 is 2.70 bits per heavy atom. The summed E-state index contributed by atoms with van der Waals surface area (Å²) in [5, 5.41) is 10.3. The molecule has 0 aliphatic rings. The average molecular weight is 306 g/mol. The third-order valence-corrected chi connectivity index (χ3v) is 3.70. The summed E-state index contributed by atoms with van der Waals surface area (Å²) in [7, 11) is 0. The Labute approximate surface area is 133 Å². The monoisotopic (exact) mass is 306 g/mol. The smallest absolute Gasteiger partial charge is 0.132 e. The number of rotatable bonds is 3. The highest BCUT2D eigenvalue weighted by Gasteiger charge is 2.07. The van der Waals surface area contributed by atoms with Crippen molar-refractivity contribution in [3.05, 3.63) is 59.8 Å². The molecule has 0 aliphatic carbocycles. The molecule has 0 saturated heterocycles. The van der Waals surface area contributed by atoms with E-state index in [2.05, 4.69) is 15.9 Å². The van der Waals surface area contributed by atoms with Crippen molar-refractivity contribution in [1.82, 2.24) is 9.97 Å². The lowest BCUT2D eigenvalue weighted by atomic mass is 10.0. The molecule has 0 saturated carbocycles. The SMILES string of the molecule is C#CC(O)Cc1ncc2cc(-c3ccc(C)c(F)c3)ccc2n1. The minimum atomic E-state index is -0.887. The molecule has 0 amide bonds. The highest BCUT2D eigenvalue weighted by molar-refractivity contribution is 5.83. The first kappa shape index (κ1) is 15.1. The molecule has 1 unspecified atom stereocenters. The van der Waals surface area contributed by atoms with E-state index >= 15 is 0 Å². The van der Waals surface area contributed by atoms with Gasteiger partial charge < -0.3 is 5.11 Å². The number of aryl methyl sites for hydroxylation is 1. The van der Waals surface area contributed by atoms with Crippen LogP contribution in [0.25, 0.3) is 22.0 Å². The molecule has 1 aromatic heterocycles. The Kier molecular flexibility index (Phi) is 4.05. The number of hydrogen-bond donors (Lipinski definition) is 1. The van der Waals surface area contributed by atoms with Gasteiger partial charge in [0.05, 0.1) is 5.52 Å². The minimum absolute atomic E-state index is 0.220. The van der Waals surface area contributed by atoms with Gasteiger partial charge in [-0.25, -0.2) is 14.4 Å². The first-order valence-electron chi connectivity index (χ1n) is 7.23. The number of aliphatic hydroxyl groups is 1. The van der Waals surface area contributed by atoms with Crippen LogP contribution in [0, 0.1) is 25.1 Å². The maximum absolute atomic E-state index is 13.7. The second kappa shape index (κ2) is 6.15. The van der Waals surface area contributed by atoms with Crippen molar-refractivity contribution in [2.75, 3.05) is 0 Å². The van der Waals surface area contributed by atoms with E-state index in [1.807, 2.05) is 24.3 Å². The molecule has 3 nitrogen and oxygen atoms in total. The summed E-state index contributed by atoms with van der Waals surface area (Å²) in [6, 6.07) is 10.8. The number of terminal acetylenes is 1. The van der Waals surface area contributed by atoms with E-state index in [0.29, 0.717) is 11.4 Å². The normalized spacial score (nSPS) is 12.1. The summed E-state index contributed by atoms with van der Waals surface area (Å²) >= 11 is 0. The average Bonchev–Trinajstić information content (AvgIpc) is 2.56. The minimum Gasteiger partial charge on any atom is -0.380 e. The van der Waals surface area contributed by atoms with Crippen molar-refractivity contribution >= 4 is 10.9 Å². The van der Waals surface area contributed by atoms with Crippen LogP contribution < -0.4 is 0 Å². The number of benzene rings is 2. The quantitative estimate of drug-likeness (QED) is 0.755. The maximum Gasteiger partial charge on any atom is 0.132 e. The van der Waals surface area contributed by atoms with Gasteiger partial charge in [-0.1, -0.05) is 24.1 Å². The molecule has 23 heavy (non-hydrogen) atoms. The molecule has 0 radical (unpaired) electrons. The predicted octanol–water partition coefficient (Wildman–Crippen LogP) is 3.28. The standard InChI is InChI=1S/C19H15FN2O/c1-3-16(23)10-19-21-11-15-8-13(6-7-18(15)22-19)14-5-4-12(2)17(20)9-14/h1,4-9,11,16,23H,10H2,2H3. The number of aliphatic hydroxyl groups excluding tert-OH is 1. The molecule has 1 heterocycles. The molecule has 0 bridgehead atoms. The summed E-state index contributed by atoms with van der Waals surface area (Å²) in [6.07, 6.45) is 6.18. The van der Waals surface area contributed by atoms with Gasteiger partial charge in [-0.15, -0.1) is 6.42 Å². The molecule has 3 rings (SSSR count). The molecule has 1 N–H and O–H groups in total. The highest BCUT2D eigenvalue weighted by Crippen LogP contribution is 2.25.